The van der Waals surface area contributed by atoms with Gasteiger partial charge in [-0.15, -0.1) is 11.3 Å². The largest absolute Gasteiger partial charge is 0.339 e. The van der Waals surface area contributed by atoms with Crippen LogP contribution in [0.3, 0.4) is 0 Å². The van der Waals surface area contributed by atoms with Crippen LogP contribution in [0, 0.1) is 5.92 Å². The lowest BCUT2D eigenvalue weighted by atomic mass is 10.2. The predicted octanol–water partition coefficient (Wildman–Crippen LogP) is 2.21. The molecule has 0 unspecified atom stereocenters. The molecule has 0 spiro atoms. The Morgan fingerprint density at radius 3 is 2.43 bits per heavy atom. The van der Waals surface area contributed by atoms with Crippen LogP contribution >= 0.6 is 11.3 Å². The van der Waals surface area contributed by atoms with Gasteiger partial charge in [0.2, 0.25) is 11.8 Å². The van der Waals surface area contributed by atoms with E-state index in [9.17, 15) is 14.4 Å². The molecule has 1 aliphatic carbocycles. The summed E-state index contributed by atoms with van der Waals surface area (Å²) in [5.41, 5.74) is 0.843. The standard InChI is InChI=1S/C22H22N4O3S/c27-19(24-8-10-25(11-9-24)21(28)16-6-7-16)13-26-14-23-20-17(22(26)29)12-18(30-20)15-4-2-1-3-5-15/h1-5,12,14,16H,6-11,13H2. The lowest BCUT2D eigenvalue weighted by Crippen LogP contribution is -2.52. The maximum atomic E-state index is 12.9. The van der Waals surface area contributed by atoms with Crippen LogP contribution in [0.25, 0.3) is 20.7 Å². The van der Waals surface area contributed by atoms with Crippen LogP contribution in [-0.2, 0) is 16.1 Å². The quantitative estimate of drug-likeness (QED) is 0.646. The van der Waals surface area contributed by atoms with Crippen molar-refractivity contribution in [2.75, 3.05) is 26.2 Å². The van der Waals surface area contributed by atoms with Crippen LogP contribution in [-0.4, -0.2) is 57.3 Å². The molecule has 2 amide bonds. The number of hydrogen-bond donors (Lipinski definition) is 0. The summed E-state index contributed by atoms with van der Waals surface area (Å²) in [4.78, 5) is 47.5. The highest BCUT2D eigenvalue weighted by Gasteiger charge is 2.35. The van der Waals surface area contributed by atoms with E-state index in [0.717, 1.165) is 23.3 Å². The van der Waals surface area contributed by atoms with Crippen molar-refractivity contribution in [2.45, 2.75) is 19.4 Å². The van der Waals surface area contributed by atoms with Crippen LogP contribution in [0.1, 0.15) is 12.8 Å². The van der Waals surface area contributed by atoms with Gasteiger partial charge < -0.3 is 9.80 Å². The van der Waals surface area contributed by atoms with Gasteiger partial charge in [-0.3, -0.25) is 19.0 Å². The number of piperazine rings is 1. The Labute approximate surface area is 177 Å². The van der Waals surface area contributed by atoms with E-state index in [0.29, 0.717) is 36.4 Å². The molecule has 154 valence electrons. The van der Waals surface area contributed by atoms with Gasteiger partial charge in [0, 0.05) is 37.0 Å². The Bertz CT molecular complexity index is 1160. The smallest absolute Gasteiger partial charge is 0.262 e. The third kappa shape index (κ3) is 3.63. The van der Waals surface area contributed by atoms with E-state index in [1.165, 1.54) is 22.2 Å². The molecule has 0 bridgehead atoms. The van der Waals surface area contributed by atoms with Gasteiger partial charge in [-0.05, 0) is 24.5 Å². The number of nitrogens with zero attached hydrogens (tertiary/aromatic N) is 4. The normalized spacial score (nSPS) is 16.8. The van der Waals surface area contributed by atoms with Gasteiger partial charge in [0.05, 0.1) is 11.7 Å². The highest BCUT2D eigenvalue weighted by Crippen LogP contribution is 2.31. The number of fused-ring (bicyclic) bond motifs is 1. The molecule has 2 fully saturated rings. The second-order valence-electron chi connectivity index (χ2n) is 7.85. The average Bonchev–Trinajstić information content (AvgIpc) is 3.54. The predicted molar refractivity (Wildman–Crippen MR) is 115 cm³/mol. The Hall–Kier alpha value is -3.00. The number of aromatic nitrogens is 2. The van der Waals surface area contributed by atoms with E-state index >= 15 is 0 Å². The van der Waals surface area contributed by atoms with Gasteiger partial charge in [0.1, 0.15) is 11.4 Å². The lowest BCUT2D eigenvalue weighted by Gasteiger charge is -2.35. The first kappa shape index (κ1) is 19.0. The molecule has 1 aliphatic heterocycles. The first-order chi connectivity index (χ1) is 14.6. The minimum Gasteiger partial charge on any atom is -0.339 e. The summed E-state index contributed by atoms with van der Waals surface area (Å²) >= 11 is 1.47. The van der Waals surface area contributed by atoms with Gasteiger partial charge in [0.15, 0.2) is 0 Å². The Balaban J connectivity index is 1.29. The highest BCUT2D eigenvalue weighted by molar-refractivity contribution is 7.21. The maximum Gasteiger partial charge on any atom is 0.262 e. The third-order valence-corrected chi connectivity index (χ3v) is 6.84. The van der Waals surface area contributed by atoms with Crippen molar-refractivity contribution >= 4 is 33.4 Å². The summed E-state index contributed by atoms with van der Waals surface area (Å²) in [6.45, 7) is 2.13. The molecular formula is C22H22N4O3S. The molecule has 1 saturated carbocycles. The first-order valence-corrected chi connectivity index (χ1v) is 11.0. The zero-order chi connectivity index (χ0) is 20.7. The molecule has 0 atom stereocenters. The number of carbonyl (C=O) groups excluding carboxylic acids is 2. The van der Waals surface area contributed by atoms with Gasteiger partial charge in [-0.1, -0.05) is 30.3 Å². The SMILES string of the molecule is O=C(Cn1cnc2sc(-c3ccccc3)cc2c1=O)N1CCN(C(=O)C2CC2)CC1. The topological polar surface area (TPSA) is 75.5 Å². The number of carbonyl (C=O) groups is 2. The Morgan fingerprint density at radius 2 is 1.73 bits per heavy atom. The molecule has 3 heterocycles. The van der Waals surface area contributed by atoms with Crippen LogP contribution in [0.4, 0.5) is 0 Å². The van der Waals surface area contributed by atoms with Crippen LogP contribution in [0.5, 0.6) is 0 Å². The van der Waals surface area contributed by atoms with Gasteiger partial charge in [-0.25, -0.2) is 4.98 Å². The lowest BCUT2D eigenvalue weighted by molar-refractivity contribution is -0.140. The second-order valence-corrected chi connectivity index (χ2v) is 8.88. The molecule has 1 saturated heterocycles. The molecule has 8 heteroatoms. The molecule has 5 rings (SSSR count). The summed E-state index contributed by atoms with van der Waals surface area (Å²) in [5.74, 6) is 0.310. The fourth-order valence-electron chi connectivity index (χ4n) is 3.83. The number of hydrogen-bond acceptors (Lipinski definition) is 5. The maximum absolute atomic E-state index is 12.9. The van der Waals surface area contributed by atoms with E-state index in [1.54, 1.807) is 4.90 Å². The zero-order valence-electron chi connectivity index (χ0n) is 16.5. The van der Waals surface area contributed by atoms with Gasteiger partial charge in [0.25, 0.3) is 5.56 Å². The minimum absolute atomic E-state index is 0.0329. The van der Waals surface area contributed by atoms with E-state index in [-0.39, 0.29) is 29.8 Å². The molecule has 2 aliphatic rings. The summed E-state index contributed by atoms with van der Waals surface area (Å²) in [7, 11) is 0. The van der Waals surface area contributed by atoms with E-state index < -0.39 is 0 Å². The van der Waals surface area contributed by atoms with Gasteiger partial charge in [-0.2, -0.15) is 0 Å². The van der Waals surface area contributed by atoms with Crippen molar-refractivity contribution in [1.29, 1.82) is 0 Å². The van der Waals surface area contributed by atoms with Crippen molar-refractivity contribution in [3.8, 4) is 10.4 Å². The summed E-state index contributed by atoms with van der Waals surface area (Å²) in [6, 6.07) is 11.7. The Kier molecular flexibility index (Phi) is 4.86. The molecular weight excluding hydrogens is 400 g/mol. The van der Waals surface area contributed by atoms with Crippen molar-refractivity contribution < 1.29 is 9.59 Å². The minimum atomic E-state index is -0.200. The van der Waals surface area contributed by atoms with Crippen LogP contribution in [0.15, 0.2) is 47.5 Å². The third-order valence-electron chi connectivity index (χ3n) is 5.75. The van der Waals surface area contributed by atoms with Crippen LogP contribution in [0.2, 0.25) is 0 Å². The van der Waals surface area contributed by atoms with Crippen molar-refractivity contribution in [3.63, 3.8) is 0 Å². The van der Waals surface area contributed by atoms with Crippen molar-refractivity contribution in [1.82, 2.24) is 19.4 Å². The monoisotopic (exact) mass is 422 g/mol. The fourth-order valence-corrected chi connectivity index (χ4v) is 4.82. The highest BCUT2D eigenvalue weighted by atomic mass is 32.1. The summed E-state index contributed by atoms with van der Waals surface area (Å²) < 4.78 is 1.38. The van der Waals surface area contributed by atoms with Crippen molar-refractivity contribution in [2.24, 2.45) is 5.92 Å². The average molecular weight is 423 g/mol. The summed E-state index contributed by atoms with van der Waals surface area (Å²) in [6.07, 6.45) is 3.44. The molecule has 2 aromatic heterocycles. The Morgan fingerprint density at radius 1 is 1.03 bits per heavy atom. The van der Waals surface area contributed by atoms with Crippen molar-refractivity contribution in [3.05, 3.63) is 53.1 Å². The zero-order valence-corrected chi connectivity index (χ0v) is 17.3. The molecule has 0 radical (unpaired) electrons. The molecule has 3 aromatic rings. The molecule has 30 heavy (non-hydrogen) atoms. The molecule has 0 N–H and O–H groups in total. The molecule has 1 aromatic carbocycles. The first-order valence-electron chi connectivity index (χ1n) is 10.2. The number of thiophene rings is 1. The number of benzene rings is 1. The van der Waals surface area contributed by atoms with E-state index in [2.05, 4.69) is 4.98 Å². The second kappa shape index (κ2) is 7.68. The molecule has 7 nitrogen and oxygen atoms in total. The summed E-state index contributed by atoms with van der Waals surface area (Å²) in [5, 5.41) is 0.536. The van der Waals surface area contributed by atoms with Crippen LogP contribution < -0.4 is 5.56 Å². The number of rotatable bonds is 4. The van der Waals surface area contributed by atoms with Gasteiger partial charge >= 0.3 is 0 Å². The van der Waals surface area contributed by atoms with E-state index in [4.69, 9.17) is 0 Å². The fraction of sp³-hybridized carbons (Fsp3) is 0.364. The number of amides is 2. The van der Waals surface area contributed by atoms with E-state index in [1.807, 2.05) is 41.3 Å².